The van der Waals surface area contributed by atoms with E-state index in [1.807, 2.05) is 0 Å². The molecular weight excluding hydrogens is 284 g/mol. The first-order valence-corrected chi connectivity index (χ1v) is 8.03. The number of carbonyl (C=O) groups excluding carboxylic acids is 1. The number of nitrogen functional groups attached to an aromatic ring is 1. The molecule has 21 heavy (non-hydrogen) atoms. The molecule has 0 aliphatic rings. The van der Waals surface area contributed by atoms with Crippen LogP contribution in [0, 0.1) is 11.3 Å². The molecule has 0 saturated heterocycles. The molecular formula is C15H24N4OS. The first-order chi connectivity index (χ1) is 9.92. The molecule has 0 amide bonds. The Labute approximate surface area is 130 Å². The van der Waals surface area contributed by atoms with E-state index < -0.39 is 0 Å². The van der Waals surface area contributed by atoms with Gasteiger partial charge in [0.05, 0.1) is 10.6 Å². The van der Waals surface area contributed by atoms with Crippen LogP contribution in [-0.2, 0) is 0 Å². The Hall–Kier alpha value is -1.58. The lowest BCUT2D eigenvalue weighted by atomic mass is 10.2. The van der Waals surface area contributed by atoms with Crippen molar-refractivity contribution in [2.75, 3.05) is 31.2 Å². The quantitative estimate of drug-likeness (QED) is 0.570. The Morgan fingerprint density at radius 1 is 1.52 bits per heavy atom. The van der Waals surface area contributed by atoms with Gasteiger partial charge in [0, 0.05) is 19.0 Å². The summed E-state index contributed by atoms with van der Waals surface area (Å²) in [5, 5.41) is 13.1. The number of nitrogens with zero attached hydrogens (tertiary/aromatic N) is 2. The number of thiophene rings is 1. The van der Waals surface area contributed by atoms with Crippen molar-refractivity contribution in [1.29, 1.82) is 5.26 Å². The van der Waals surface area contributed by atoms with Gasteiger partial charge < -0.3 is 16.0 Å². The summed E-state index contributed by atoms with van der Waals surface area (Å²) in [6.07, 6.45) is 1.36. The molecule has 0 saturated carbocycles. The SMILES string of the molecule is CCC(=O)c1sc(NCCCN(C)C(C)C)c(C#N)c1N. The molecule has 5 nitrogen and oxygen atoms in total. The van der Waals surface area contributed by atoms with Crippen molar-refractivity contribution in [3.63, 3.8) is 0 Å². The van der Waals surface area contributed by atoms with E-state index in [2.05, 4.69) is 37.2 Å². The molecule has 0 aliphatic heterocycles. The van der Waals surface area contributed by atoms with Crippen LogP contribution in [0.3, 0.4) is 0 Å². The molecule has 0 aromatic carbocycles. The second kappa shape index (κ2) is 8.01. The Balaban J connectivity index is 2.67. The number of carbonyl (C=O) groups is 1. The van der Waals surface area contributed by atoms with Crippen LogP contribution in [0.1, 0.15) is 48.8 Å². The number of hydrogen-bond acceptors (Lipinski definition) is 6. The van der Waals surface area contributed by atoms with Crippen molar-refractivity contribution >= 4 is 27.8 Å². The number of Topliss-reactive ketones (excluding diaryl/α,β-unsaturated/α-hetero) is 1. The van der Waals surface area contributed by atoms with Crippen molar-refractivity contribution in [3.8, 4) is 6.07 Å². The molecule has 0 bridgehead atoms. The fourth-order valence-electron chi connectivity index (χ4n) is 1.84. The van der Waals surface area contributed by atoms with E-state index in [9.17, 15) is 10.1 Å². The Bertz CT molecular complexity index is 531. The molecule has 0 unspecified atom stereocenters. The van der Waals surface area contributed by atoms with Gasteiger partial charge in [0.2, 0.25) is 0 Å². The molecule has 1 rings (SSSR count). The lowest BCUT2D eigenvalue weighted by Gasteiger charge is -2.20. The van der Waals surface area contributed by atoms with Gasteiger partial charge in [-0.05, 0) is 33.9 Å². The van der Waals surface area contributed by atoms with Crippen LogP contribution in [0.5, 0.6) is 0 Å². The third kappa shape index (κ3) is 4.45. The second-order valence-corrected chi connectivity index (χ2v) is 6.31. The Kier molecular flexibility index (Phi) is 6.66. The minimum absolute atomic E-state index is 0.0124. The van der Waals surface area contributed by atoms with Gasteiger partial charge in [-0.2, -0.15) is 5.26 Å². The average Bonchev–Trinajstić information content (AvgIpc) is 2.78. The number of nitrogens with two attached hydrogens (primary N) is 1. The molecule has 0 fully saturated rings. The number of nitriles is 1. The van der Waals surface area contributed by atoms with Crippen LogP contribution in [0.25, 0.3) is 0 Å². The highest BCUT2D eigenvalue weighted by Gasteiger charge is 2.19. The molecule has 1 heterocycles. The van der Waals surface area contributed by atoms with Crippen molar-refractivity contribution in [2.24, 2.45) is 0 Å². The third-order valence-corrected chi connectivity index (χ3v) is 4.69. The predicted octanol–water partition coefficient (Wildman–Crippen LogP) is 2.94. The van der Waals surface area contributed by atoms with Crippen LogP contribution in [0.2, 0.25) is 0 Å². The summed E-state index contributed by atoms with van der Waals surface area (Å²) < 4.78 is 0. The van der Waals surface area contributed by atoms with Gasteiger partial charge in [-0.1, -0.05) is 6.92 Å². The lowest BCUT2D eigenvalue weighted by molar-refractivity contribution is 0.0993. The van der Waals surface area contributed by atoms with Crippen LogP contribution < -0.4 is 11.1 Å². The second-order valence-electron chi connectivity index (χ2n) is 5.29. The van der Waals surface area contributed by atoms with E-state index >= 15 is 0 Å². The number of nitrogens with one attached hydrogen (secondary N) is 1. The molecule has 6 heteroatoms. The summed E-state index contributed by atoms with van der Waals surface area (Å²) in [4.78, 5) is 14.6. The van der Waals surface area contributed by atoms with Gasteiger partial charge >= 0.3 is 0 Å². The lowest BCUT2D eigenvalue weighted by Crippen LogP contribution is -2.28. The zero-order valence-electron chi connectivity index (χ0n) is 13.2. The number of ketones is 1. The Morgan fingerprint density at radius 3 is 2.71 bits per heavy atom. The van der Waals surface area contributed by atoms with E-state index in [-0.39, 0.29) is 5.78 Å². The van der Waals surface area contributed by atoms with E-state index in [1.165, 1.54) is 11.3 Å². The van der Waals surface area contributed by atoms with E-state index in [4.69, 9.17) is 5.73 Å². The Morgan fingerprint density at radius 2 is 2.19 bits per heavy atom. The van der Waals surface area contributed by atoms with Gasteiger partial charge in [-0.15, -0.1) is 11.3 Å². The maximum atomic E-state index is 11.8. The molecule has 0 spiro atoms. The monoisotopic (exact) mass is 308 g/mol. The summed E-state index contributed by atoms with van der Waals surface area (Å²) in [5.74, 6) is -0.0124. The number of anilines is 2. The summed E-state index contributed by atoms with van der Waals surface area (Å²) >= 11 is 1.29. The van der Waals surface area contributed by atoms with Gasteiger partial charge in [0.25, 0.3) is 0 Å². The zero-order valence-corrected chi connectivity index (χ0v) is 14.0. The molecule has 0 radical (unpaired) electrons. The molecule has 0 atom stereocenters. The highest BCUT2D eigenvalue weighted by Crippen LogP contribution is 2.35. The third-order valence-electron chi connectivity index (χ3n) is 3.49. The van der Waals surface area contributed by atoms with Crippen LogP contribution in [0.15, 0.2) is 0 Å². The smallest absolute Gasteiger partial charge is 0.174 e. The van der Waals surface area contributed by atoms with Crippen LogP contribution in [-0.4, -0.2) is 36.9 Å². The highest BCUT2D eigenvalue weighted by atomic mass is 32.1. The maximum absolute atomic E-state index is 11.8. The van der Waals surface area contributed by atoms with E-state index in [0.717, 1.165) is 19.5 Å². The largest absolute Gasteiger partial charge is 0.396 e. The molecule has 1 aromatic rings. The summed E-state index contributed by atoms with van der Waals surface area (Å²) in [7, 11) is 2.09. The van der Waals surface area contributed by atoms with E-state index in [0.29, 0.717) is 33.6 Å². The molecule has 1 aromatic heterocycles. The van der Waals surface area contributed by atoms with Crippen molar-refractivity contribution < 1.29 is 4.79 Å². The molecule has 3 N–H and O–H groups in total. The van der Waals surface area contributed by atoms with Gasteiger partial charge in [0.1, 0.15) is 16.6 Å². The highest BCUT2D eigenvalue weighted by molar-refractivity contribution is 7.19. The first kappa shape index (κ1) is 17.5. The van der Waals surface area contributed by atoms with Crippen LogP contribution in [0.4, 0.5) is 10.7 Å². The van der Waals surface area contributed by atoms with Crippen LogP contribution >= 0.6 is 11.3 Å². The number of hydrogen-bond donors (Lipinski definition) is 2. The fraction of sp³-hybridized carbons (Fsp3) is 0.600. The minimum Gasteiger partial charge on any atom is -0.396 e. The van der Waals surface area contributed by atoms with Crippen molar-refractivity contribution in [3.05, 3.63) is 10.4 Å². The summed E-state index contributed by atoms with van der Waals surface area (Å²) in [5.41, 5.74) is 6.62. The minimum atomic E-state index is -0.0124. The molecule has 116 valence electrons. The fourth-order valence-corrected chi connectivity index (χ4v) is 2.94. The van der Waals surface area contributed by atoms with E-state index in [1.54, 1.807) is 6.92 Å². The topological polar surface area (TPSA) is 82.2 Å². The maximum Gasteiger partial charge on any atom is 0.174 e. The van der Waals surface area contributed by atoms with Crippen molar-refractivity contribution in [2.45, 2.75) is 39.7 Å². The van der Waals surface area contributed by atoms with Crippen molar-refractivity contribution in [1.82, 2.24) is 4.90 Å². The first-order valence-electron chi connectivity index (χ1n) is 7.22. The van der Waals surface area contributed by atoms with Gasteiger partial charge in [-0.3, -0.25) is 4.79 Å². The summed E-state index contributed by atoms with van der Waals surface area (Å²) in [6.45, 7) is 7.84. The standard InChI is InChI=1S/C15H24N4OS/c1-5-12(20)14-13(17)11(9-16)15(21-14)18-7-6-8-19(4)10(2)3/h10,18H,5-8,17H2,1-4H3. The normalized spacial score (nSPS) is 10.9. The average molecular weight is 308 g/mol. The predicted molar refractivity (Wildman–Crippen MR) is 88.9 cm³/mol. The molecule has 0 aliphatic carbocycles. The van der Waals surface area contributed by atoms with Gasteiger partial charge in [-0.25, -0.2) is 0 Å². The summed E-state index contributed by atoms with van der Waals surface area (Å²) in [6, 6.07) is 2.61. The van der Waals surface area contributed by atoms with Gasteiger partial charge in [0.15, 0.2) is 5.78 Å². The number of rotatable bonds is 8. The zero-order chi connectivity index (χ0) is 16.0.